The lowest BCUT2D eigenvalue weighted by Crippen LogP contribution is -2.12. The van der Waals surface area contributed by atoms with Crippen molar-refractivity contribution in [1.82, 2.24) is 4.98 Å². The average molecular weight is 269 g/mol. The Bertz CT molecular complexity index is 584. The summed E-state index contributed by atoms with van der Waals surface area (Å²) in [6.07, 6.45) is 1.41. The van der Waals surface area contributed by atoms with Crippen LogP contribution in [0.2, 0.25) is 5.15 Å². The highest BCUT2D eigenvalue weighted by Crippen LogP contribution is 2.14. The molecule has 0 fully saturated rings. The molecule has 0 spiro atoms. The predicted molar refractivity (Wildman–Crippen MR) is 63.6 cm³/mol. The van der Waals surface area contributed by atoms with E-state index in [4.69, 9.17) is 11.6 Å². The molecule has 2 rings (SSSR count). The van der Waals surface area contributed by atoms with Crippen LogP contribution in [0.1, 0.15) is 10.4 Å². The van der Waals surface area contributed by atoms with Gasteiger partial charge in [0.1, 0.15) is 16.8 Å². The zero-order chi connectivity index (χ0) is 13.1. The highest BCUT2D eigenvalue weighted by Gasteiger charge is 2.09. The molecule has 0 radical (unpaired) electrons. The molecule has 18 heavy (non-hydrogen) atoms. The minimum atomic E-state index is -0.812. The number of amides is 1. The first kappa shape index (κ1) is 12.4. The number of halogens is 3. The molecule has 1 heterocycles. The van der Waals surface area contributed by atoms with Gasteiger partial charge in [-0.15, -0.1) is 0 Å². The van der Waals surface area contributed by atoms with E-state index in [0.29, 0.717) is 11.8 Å². The topological polar surface area (TPSA) is 42.0 Å². The van der Waals surface area contributed by atoms with Gasteiger partial charge in [-0.25, -0.2) is 13.8 Å². The molecule has 0 aliphatic heterocycles. The number of pyridine rings is 1. The van der Waals surface area contributed by atoms with E-state index < -0.39 is 17.5 Å². The highest BCUT2D eigenvalue weighted by atomic mass is 35.5. The smallest absolute Gasteiger partial charge is 0.255 e. The summed E-state index contributed by atoms with van der Waals surface area (Å²) >= 11 is 5.64. The fourth-order valence-corrected chi connectivity index (χ4v) is 1.54. The number of carbonyl (C=O) groups excluding carboxylic acids is 1. The summed E-state index contributed by atoms with van der Waals surface area (Å²) in [6, 6.07) is 5.52. The van der Waals surface area contributed by atoms with Crippen LogP contribution in [0.5, 0.6) is 0 Å². The molecule has 0 unspecified atom stereocenters. The third kappa shape index (κ3) is 3.01. The number of benzene rings is 1. The third-order valence-corrected chi connectivity index (χ3v) is 2.32. The second-order valence-corrected chi connectivity index (χ2v) is 3.87. The van der Waals surface area contributed by atoms with Gasteiger partial charge in [0.2, 0.25) is 0 Å². The lowest BCUT2D eigenvalue weighted by molar-refractivity contribution is 0.102. The Morgan fingerprint density at radius 2 is 1.83 bits per heavy atom. The lowest BCUT2D eigenvalue weighted by atomic mass is 10.2. The lowest BCUT2D eigenvalue weighted by Gasteiger charge is -2.05. The number of aromatic nitrogens is 1. The van der Waals surface area contributed by atoms with E-state index in [0.717, 1.165) is 12.1 Å². The van der Waals surface area contributed by atoms with Gasteiger partial charge in [0.05, 0.1) is 0 Å². The Hall–Kier alpha value is -2.01. The molecule has 1 aromatic heterocycles. The molecule has 0 saturated carbocycles. The zero-order valence-electron chi connectivity index (χ0n) is 8.95. The van der Waals surface area contributed by atoms with E-state index in [-0.39, 0.29) is 10.7 Å². The third-order valence-electron chi connectivity index (χ3n) is 2.11. The number of nitrogens with zero attached hydrogens (tertiary/aromatic N) is 1. The summed E-state index contributed by atoms with van der Waals surface area (Å²) in [7, 11) is 0. The van der Waals surface area contributed by atoms with Crippen molar-refractivity contribution in [1.29, 1.82) is 0 Å². The minimum Gasteiger partial charge on any atom is -0.322 e. The van der Waals surface area contributed by atoms with Crippen molar-refractivity contribution in [3.05, 3.63) is 58.9 Å². The Morgan fingerprint density at radius 1 is 1.17 bits per heavy atom. The van der Waals surface area contributed by atoms with Gasteiger partial charge in [0, 0.05) is 23.5 Å². The van der Waals surface area contributed by atoms with Crippen molar-refractivity contribution in [2.75, 3.05) is 5.32 Å². The van der Waals surface area contributed by atoms with Crippen molar-refractivity contribution in [2.24, 2.45) is 0 Å². The van der Waals surface area contributed by atoms with Crippen LogP contribution in [0.25, 0.3) is 0 Å². The Kier molecular flexibility index (Phi) is 3.53. The van der Waals surface area contributed by atoms with E-state index in [2.05, 4.69) is 10.3 Å². The molecule has 1 N–H and O–H groups in total. The van der Waals surface area contributed by atoms with Gasteiger partial charge in [-0.2, -0.15) is 0 Å². The molecule has 0 bridgehead atoms. The van der Waals surface area contributed by atoms with E-state index >= 15 is 0 Å². The second kappa shape index (κ2) is 5.10. The summed E-state index contributed by atoms with van der Waals surface area (Å²) in [5.74, 6) is -2.25. The fraction of sp³-hybridized carbons (Fsp3) is 0. The van der Waals surface area contributed by atoms with Gasteiger partial charge in [-0.3, -0.25) is 4.79 Å². The molecule has 3 nitrogen and oxygen atoms in total. The highest BCUT2D eigenvalue weighted by molar-refractivity contribution is 6.29. The number of nitrogens with one attached hydrogen (secondary N) is 1. The maximum Gasteiger partial charge on any atom is 0.255 e. The summed E-state index contributed by atoms with van der Waals surface area (Å²) in [5, 5.41) is 2.66. The van der Waals surface area contributed by atoms with Gasteiger partial charge in [0.25, 0.3) is 5.91 Å². The summed E-state index contributed by atoms with van der Waals surface area (Å²) in [4.78, 5) is 15.5. The first-order valence-corrected chi connectivity index (χ1v) is 5.31. The van der Waals surface area contributed by atoms with Crippen LogP contribution in [-0.2, 0) is 0 Å². The molecular formula is C12H7ClF2N2O. The van der Waals surface area contributed by atoms with Crippen LogP contribution in [0.3, 0.4) is 0 Å². The number of rotatable bonds is 2. The molecule has 0 aliphatic rings. The molecule has 0 atom stereocenters. The van der Waals surface area contributed by atoms with Crippen LogP contribution >= 0.6 is 11.6 Å². The molecule has 92 valence electrons. The normalized spacial score (nSPS) is 10.2. The maximum absolute atomic E-state index is 12.9. The Labute approximate surface area is 106 Å². The van der Waals surface area contributed by atoms with Gasteiger partial charge in [-0.05, 0) is 24.3 Å². The molecule has 6 heteroatoms. The molecule has 0 aliphatic carbocycles. The van der Waals surface area contributed by atoms with Crippen molar-refractivity contribution in [3.63, 3.8) is 0 Å². The second-order valence-electron chi connectivity index (χ2n) is 3.48. The quantitative estimate of drug-likeness (QED) is 0.850. The standard InChI is InChI=1S/C12H7ClF2N2O/c13-11-6-10(1-2-16-11)17-12(18)7-3-8(14)5-9(15)4-7/h1-6H,(H,16,17,18). The van der Waals surface area contributed by atoms with Gasteiger partial charge >= 0.3 is 0 Å². The molecule has 1 amide bonds. The molecular weight excluding hydrogens is 262 g/mol. The number of hydrogen-bond donors (Lipinski definition) is 1. The van der Waals surface area contributed by atoms with E-state index in [1.54, 1.807) is 0 Å². The van der Waals surface area contributed by atoms with Crippen molar-refractivity contribution in [3.8, 4) is 0 Å². The number of anilines is 1. The Morgan fingerprint density at radius 3 is 2.44 bits per heavy atom. The van der Waals surface area contributed by atoms with E-state index in [1.165, 1.54) is 18.3 Å². The van der Waals surface area contributed by atoms with E-state index in [9.17, 15) is 13.6 Å². The van der Waals surface area contributed by atoms with Crippen molar-refractivity contribution >= 4 is 23.2 Å². The largest absolute Gasteiger partial charge is 0.322 e. The van der Waals surface area contributed by atoms with Gasteiger partial charge in [0.15, 0.2) is 0 Å². The van der Waals surface area contributed by atoms with Crippen LogP contribution in [0.4, 0.5) is 14.5 Å². The molecule has 2 aromatic rings. The van der Waals surface area contributed by atoms with Crippen molar-refractivity contribution in [2.45, 2.75) is 0 Å². The van der Waals surface area contributed by atoms with Crippen LogP contribution in [0.15, 0.2) is 36.5 Å². The number of hydrogen-bond acceptors (Lipinski definition) is 2. The average Bonchev–Trinajstić information content (AvgIpc) is 2.27. The predicted octanol–water partition coefficient (Wildman–Crippen LogP) is 3.27. The summed E-state index contributed by atoms with van der Waals surface area (Å²) in [6.45, 7) is 0. The molecule has 1 aromatic carbocycles. The summed E-state index contributed by atoms with van der Waals surface area (Å²) in [5.41, 5.74) is 0.283. The monoisotopic (exact) mass is 268 g/mol. The van der Waals surface area contributed by atoms with Crippen molar-refractivity contribution < 1.29 is 13.6 Å². The van der Waals surface area contributed by atoms with Gasteiger partial charge in [-0.1, -0.05) is 11.6 Å². The van der Waals surface area contributed by atoms with Crippen LogP contribution in [-0.4, -0.2) is 10.9 Å². The summed E-state index contributed by atoms with van der Waals surface area (Å²) < 4.78 is 25.9. The first-order chi connectivity index (χ1) is 8.54. The minimum absolute atomic E-state index is 0.111. The molecule has 0 saturated heterocycles. The van der Waals surface area contributed by atoms with Gasteiger partial charge < -0.3 is 5.32 Å². The van der Waals surface area contributed by atoms with Crippen LogP contribution in [0, 0.1) is 11.6 Å². The SMILES string of the molecule is O=C(Nc1ccnc(Cl)c1)c1cc(F)cc(F)c1. The van der Waals surface area contributed by atoms with Crippen LogP contribution < -0.4 is 5.32 Å². The number of carbonyl (C=O) groups is 1. The Balaban J connectivity index is 2.22. The zero-order valence-corrected chi connectivity index (χ0v) is 9.71. The maximum atomic E-state index is 12.9. The first-order valence-electron chi connectivity index (χ1n) is 4.93. The fourth-order valence-electron chi connectivity index (χ4n) is 1.37. The van der Waals surface area contributed by atoms with E-state index in [1.807, 2.05) is 0 Å².